The number of rotatable bonds is 4. The van der Waals surface area contributed by atoms with Crippen molar-refractivity contribution < 1.29 is 17.5 Å². The molecule has 0 aliphatic carbocycles. The molecule has 0 spiro atoms. The molecular formula is C14H13NO5S. The van der Waals surface area contributed by atoms with Crippen LogP contribution >= 0.6 is 0 Å². The molecule has 0 saturated carbocycles. The van der Waals surface area contributed by atoms with E-state index in [9.17, 15) is 18.5 Å². The first kappa shape index (κ1) is 15.1. The third-order valence-corrected chi connectivity index (χ3v) is 4.35. The number of nitro benzene ring substituents is 1. The fourth-order valence-corrected chi connectivity index (χ4v) is 2.88. The Morgan fingerprint density at radius 1 is 1.10 bits per heavy atom. The van der Waals surface area contributed by atoms with Gasteiger partial charge < -0.3 is 0 Å². The molecule has 0 heterocycles. The summed E-state index contributed by atoms with van der Waals surface area (Å²) in [4.78, 5) is 10.5. The zero-order valence-corrected chi connectivity index (χ0v) is 12.3. The van der Waals surface area contributed by atoms with E-state index in [1.165, 1.54) is 24.3 Å². The van der Waals surface area contributed by atoms with Gasteiger partial charge in [0.05, 0.1) is 17.6 Å². The molecule has 110 valence electrons. The smallest absolute Gasteiger partial charge is 0.270 e. The van der Waals surface area contributed by atoms with Crippen LogP contribution in [0.2, 0.25) is 0 Å². The average molecular weight is 307 g/mol. The van der Waals surface area contributed by atoms with Crippen LogP contribution in [-0.2, 0) is 14.3 Å². The second-order valence-electron chi connectivity index (χ2n) is 4.39. The van der Waals surface area contributed by atoms with Crippen molar-refractivity contribution in [1.82, 2.24) is 0 Å². The number of aryl methyl sites for hydroxylation is 1. The quantitative estimate of drug-likeness (QED) is 0.492. The highest BCUT2D eigenvalue weighted by Crippen LogP contribution is 2.35. The van der Waals surface area contributed by atoms with E-state index in [1.54, 1.807) is 25.1 Å². The minimum atomic E-state index is -3.96. The van der Waals surface area contributed by atoms with Crippen LogP contribution in [0.5, 0.6) is 0 Å². The Kier molecular flexibility index (Phi) is 4.06. The maximum Gasteiger partial charge on any atom is 0.297 e. The van der Waals surface area contributed by atoms with Crippen molar-refractivity contribution in [3.63, 3.8) is 0 Å². The maximum absolute atomic E-state index is 12.0. The Balaban J connectivity index is 2.81. The second-order valence-corrected chi connectivity index (χ2v) is 6.08. The van der Waals surface area contributed by atoms with Crippen molar-refractivity contribution in [1.29, 1.82) is 0 Å². The molecule has 2 aromatic carbocycles. The van der Waals surface area contributed by atoms with E-state index in [-0.39, 0.29) is 21.7 Å². The van der Waals surface area contributed by atoms with Crippen molar-refractivity contribution in [3.8, 4) is 11.1 Å². The standard InChI is InChI=1S/C14H13NO5S/c1-10-7-8-14(21(18,19)20-2)12(9-10)11-5-3-4-6-13(11)15(16)17/h3-9H,1-2H3. The van der Waals surface area contributed by atoms with Gasteiger partial charge in [0.25, 0.3) is 15.8 Å². The van der Waals surface area contributed by atoms with Crippen LogP contribution in [0.25, 0.3) is 11.1 Å². The fraction of sp³-hybridized carbons (Fsp3) is 0.143. The van der Waals surface area contributed by atoms with E-state index in [4.69, 9.17) is 0 Å². The highest BCUT2D eigenvalue weighted by molar-refractivity contribution is 7.86. The highest BCUT2D eigenvalue weighted by Gasteiger charge is 2.23. The number of benzene rings is 2. The van der Waals surface area contributed by atoms with Gasteiger partial charge in [0.15, 0.2) is 0 Å². The monoisotopic (exact) mass is 307 g/mol. The Hall–Kier alpha value is -2.25. The van der Waals surface area contributed by atoms with Gasteiger partial charge in [-0.25, -0.2) is 0 Å². The first-order valence-corrected chi connectivity index (χ1v) is 7.42. The van der Waals surface area contributed by atoms with Gasteiger partial charge in [-0.15, -0.1) is 0 Å². The number of hydrogen-bond donors (Lipinski definition) is 0. The topological polar surface area (TPSA) is 86.5 Å². The number of para-hydroxylation sites is 1. The summed E-state index contributed by atoms with van der Waals surface area (Å²) in [5, 5.41) is 11.1. The maximum atomic E-state index is 12.0. The molecule has 0 bridgehead atoms. The molecule has 7 heteroatoms. The van der Waals surface area contributed by atoms with Crippen LogP contribution in [0.15, 0.2) is 47.4 Å². The molecule has 21 heavy (non-hydrogen) atoms. The van der Waals surface area contributed by atoms with Crippen molar-refractivity contribution in [2.75, 3.05) is 7.11 Å². The summed E-state index contributed by atoms with van der Waals surface area (Å²) < 4.78 is 28.5. The predicted octanol–water partition coefficient (Wildman–Crippen LogP) is 2.91. The van der Waals surface area contributed by atoms with Crippen LogP contribution in [-0.4, -0.2) is 20.5 Å². The molecule has 0 saturated heterocycles. The van der Waals surface area contributed by atoms with Gasteiger partial charge in [-0.3, -0.25) is 14.3 Å². The van der Waals surface area contributed by atoms with Gasteiger partial charge in [0.1, 0.15) is 4.90 Å². The molecule has 0 radical (unpaired) electrons. The third-order valence-electron chi connectivity index (χ3n) is 3.01. The average Bonchev–Trinajstić information content (AvgIpc) is 2.46. The third kappa shape index (κ3) is 2.93. The molecule has 0 N–H and O–H groups in total. The Bertz CT molecular complexity index is 799. The summed E-state index contributed by atoms with van der Waals surface area (Å²) in [6.07, 6.45) is 0. The van der Waals surface area contributed by atoms with E-state index in [2.05, 4.69) is 4.18 Å². The normalized spacial score (nSPS) is 11.3. The molecular weight excluding hydrogens is 294 g/mol. The summed E-state index contributed by atoms with van der Waals surface area (Å²) in [5.41, 5.74) is 1.12. The van der Waals surface area contributed by atoms with Crippen molar-refractivity contribution in [3.05, 3.63) is 58.1 Å². The van der Waals surface area contributed by atoms with Gasteiger partial charge in [0, 0.05) is 11.6 Å². The lowest BCUT2D eigenvalue weighted by molar-refractivity contribution is -0.384. The van der Waals surface area contributed by atoms with E-state index in [1.807, 2.05) is 0 Å². The number of hydrogen-bond acceptors (Lipinski definition) is 5. The van der Waals surface area contributed by atoms with Crippen LogP contribution in [0.4, 0.5) is 5.69 Å². The van der Waals surface area contributed by atoms with Crippen molar-refractivity contribution in [2.45, 2.75) is 11.8 Å². The van der Waals surface area contributed by atoms with E-state index < -0.39 is 15.0 Å². The summed E-state index contributed by atoms with van der Waals surface area (Å²) in [6, 6.07) is 10.6. The summed E-state index contributed by atoms with van der Waals surface area (Å²) >= 11 is 0. The van der Waals surface area contributed by atoms with Crippen LogP contribution < -0.4 is 0 Å². The largest absolute Gasteiger partial charge is 0.297 e. The van der Waals surface area contributed by atoms with E-state index >= 15 is 0 Å². The molecule has 0 atom stereocenters. The molecule has 0 fully saturated rings. The predicted molar refractivity (Wildman–Crippen MR) is 77.5 cm³/mol. The molecule has 0 unspecified atom stereocenters. The first-order valence-electron chi connectivity index (χ1n) is 6.02. The van der Waals surface area contributed by atoms with Gasteiger partial charge in [-0.2, -0.15) is 8.42 Å². The minimum absolute atomic E-state index is 0.0927. The molecule has 0 amide bonds. The van der Waals surface area contributed by atoms with E-state index in [0.717, 1.165) is 12.7 Å². The second kappa shape index (κ2) is 5.63. The molecule has 2 rings (SSSR count). The molecule has 0 aliphatic rings. The number of nitro groups is 1. The Morgan fingerprint density at radius 2 is 1.76 bits per heavy atom. The van der Waals surface area contributed by atoms with E-state index in [0.29, 0.717) is 0 Å². The molecule has 0 aliphatic heterocycles. The Labute approximate surface area is 122 Å². The van der Waals surface area contributed by atoms with Crippen LogP contribution in [0.3, 0.4) is 0 Å². The van der Waals surface area contributed by atoms with Crippen LogP contribution in [0, 0.1) is 17.0 Å². The lowest BCUT2D eigenvalue weighted by Crippen LogP contribution is -2.05. The zero-order valence-electron chi connectivity index (χ0n) is 11.4. The molecule has 2 aromatic rings. The van der Waals surface area contributed by atoms with Gasteiger partial charge >= 0.3 is 0 Å². The van der Waals surface area contributed by atoms with Crippen molar-refractivity contribution >= 4 is 15.8 Å². The number of nitrogens with zero attached hydrogens (tertiary/aromatic N) is 1. The minimum Gasteiger partial charge on any atom is -0.270 e. The lowest BCUT2D eigenvalue weighted by Gasteiger charge is -2.10. The lowest BCUT2D eigenvalue weighted by atomic mass is 10.0. The van der Waals surface area contributed by atoms with Gasteiger partial charge in [0.2, 0.25) is 0 Å². The zero-order chi connectivity index (χ0) is 15.6. The Morgan fingerprint density at radius 3 is 2.38 bits per heavy atom. The summed E-state index contributed by atoms with van der Waals surface area (Å²) in [5.74, 6) is 0. The summed E-state index contributed by atoms with van der Waals surface area (Å²) in [6.45, 7) is 1.78. The first-order chi connectivity index (χ1) is 9.86. The molecule has 0 aromatic heterocycles. The highest BCUT2D eigenvalue weighted by atomic mass is 32.2. The molecule has 6 nitrogen and oxygen atoms in total. The van der Waals surface area contributed by atoms with Gasteiger partial charge in [-0.05, 0) is 25.1 Å². The SMILES string of the molecule is COS(=O)(=O)c1ccc(C)cc1-c1ccccc1[N+](=O)[O-]. The van der Waals surface area contributed by atoms with Crippen LogP contribution in [0.1, 0.15) is 5.56 Å². The summed E-state index contributed by atoms with van der Waals surface area (Å²) in [7, 11) is -2.90. The van der Waals surface area contributed by atoms with Gasteiger partial charge in [-0.1, -0.05) is 23.8 Å². The fourth-order valence-electron chi connectivity index (χ4n) is 2.02. The van der Waals surface area contributed by atoms with Crippen molar-refractivity contribution in [2.24, 2.45) is 0 Å².